The fourth-order valence-electron chi connectivity index (χ4n) is 1.16. The number of hydrogen-bond donors (Lipinski definition) is 0. The molecule has 0 aromatic rings. The first kappa shape index (κ1) is 11.5. The lowest BCUT2D eigenvalue weighted by molar-refractivity contribution is -0.104. The Bertz CT molecular complexity index is 320. The van der Waals surface area contributed by atoms with Crippen LogP contribution >= 0.6 is 23.4 Å². The van der Waals surface area contributed by atoms with E-state index in [1.165, 1.54) is 6.20 Å². The van der Waals surface area contributed by atoms with Gasteiger partial charge in [0, 0.05) is 17.2 Å². The van der Waals surface area contributed by atoms with Gasteiger partial charge in [0.05, 0.1) is 10.6 Å². The van der Waals surface area contributed by atoms with Crippen molar-refractivity contribution in [3.63, 3.8) is 0 Å². The zero-order valence-electron chi connectivity index (χ0n) is 8.16. The summed E-state index contributed by atoms with van der Waals surface area (Å²) in [5.41, 5.74) is 0.449. The highest BCUT2D eigenvalue weighted by Gasteiger charge is 2.11. The molecule has 2 nitrogen and oxygen atoms in total. The molecule has 76 valence electrons. The molecule has 1 atom stereocenters. The second kappa shape index (κ2) is 5.37. The molecule has 1 rings (SSSR count). The quantitative estimate of drug-likeness (QED) is 0.647. The van der Waals surface area contributed by atoms with Crippen LogP contribution in [0.25, 0.3) is 0 Å². The lowest BCUT2D eigenvalue weighted by Crippen LogP contribution is -2.07. The van der Waals surface area contributed by atoms with Crippen LogP contribution in [-0.2, 0) is 4.79 Å². The number of nitrogens with zero attached hydrogens (tertiary/aromatic N) is 1. The molecule has 0 spiro atoms. The highest BCUT2D eigenvalue weighted by molar-refractivity contribution is 8.13. The van der Waals surface area contributed by atoms with Crippen molar-refractivity contribution in [2.45, 2.75) is 13.3 Å². The monoisotopic (exact) mass is 229 g/mol. The van der Waals surface area contributed by atoms with E-state index in [1.54, 1.807) is 11.8 Å². The van der Waals surface area contributed by atoms with Crippen molar-refractivity contribution in [2.24, 2.45) is 10.9 Å². The highest BCUT2D eigenvalue weighted by atomic mass is 35.5. The van der Waals surface area contributed by atoms with Crippen LogP contribution in [0, 0.1) is 5.92 Å². The Kier molecular flexibility index (Phi) is 4.42. The summed E-state index contributed by atoms with van der Waals surface area (Å²) in [5.74, 6) is 0.364. The Balaban J connectivity index is 3.03. The Morgan fingerprint density at radius 2 is 2.43 bits per heavy atom. The molecule has 1 aliphatic heterocycles. The molecule has 0 saturated heterocycles. The molecule has 0 aromatic carbocycles. The fourth-order valence-corrected chi connectivity index (χ4v) is 2.00. The van der Waals surface area contributed by atoms with E-state index in [0.717, 1.165) is 17.8 Å². The molecule has 4 heteroatoms. The second-order valence-electron chi connectivity index (χ2n) is 3.06. The van der Waals surface area contributed by atoms with Gasteiger partial charge in [-0.05, 0) is 12.7 Å². The predicted molar refractivity (Wildman–Crippen MR) is 62.8 cm³/mol. The zero-order valence-corrected chi connectivity index (χ0v) is 9.73. The van der Waals surface area contributed by atoms with Crippen molar-refractivity contribution in [1.82, 2.24) is 0 Å². The first-order chi connectivity index (χ1) is 6.69. The lowest BCUT2D eigenvalue weighted by atomic mass is 10.1. The normalized spacial score (nSPS) is 33.9. The van der Waals surface area contributed by atoms with E-state index in [1.807, 2.05) is 12.3 Å². The van der Waals surface area contributed by atoms with E-state index in [0.29, 0.717) is 16.5 Å². The number of allylic oxidation sites excluding steroid dienone is 3. The van der Waals surface area contributed by atoms with Crippen LogP contribution in [0.15, 0.2) is 27.9 Å². The number of carbonyl (C=O) groups is 1. The molecule has 0 radical (unpaired) electrons. The zero-order chi connectivity index (χ0) is 10.6. The first-order valence-electron chi connectivity index (χ1n) is 4.32. The van der Waals surface area contributed by atoms with Crippen molar-refractivity contribution in [3.05, 3.63) is 22.9 Å². The van der Waals surface area contributed by atoms with Crippen LogP contribution in [0.2, 0.25) is 0 Å². The van der Waals surface area contributed by atoms with Gasteiger partial charge in [-0.1, -0.05) is 24.6 Å². The maximum atomic E-state index is 10.6. The van der Waals surface area contributed by atoms with Crippen LogP contribution in [-0.4, -0.2) is 17.6 Å². The maximum Gasteiger partial charge on any atom is 0.153 e. The summed E-state index contributed by atoms with van der Waals surface area (Å²) in [6.45, 7) is 2.09. The Hall–Kier alpha value is -0.540. The molecule has 14 heavy (non-hydrogen) atoms. The van der Waals surface area contributed by atoms with Crippen molar-refractivity contribution >= 4 is 34.7 Å². The topological polar surface area (TPSA) is 29.4 Å². The van der Waals surface area contributed by atoms with Gasteiger partial charge in [0.25, 0.3) is 0 Å². The molecule has 0 amide bonds. The van der Waals surface area contributed by atoms with Gasteiger partial charge in [-0.2, -0.15) is 0 Å². The lowest BCUT2D eigenvalue weighted by Gasteiger charge is -2.12. The number of hydrogen-bond acceptors (Lipinski definition) is 3. The summed E-state index contributed by atoms with van der Waals surface area (Å²) in [4.78, 5) is 14.9. The van der Waals surface area contributed by atoms with Gasteiger partial charge in [-0.3, -0.25) is 9.79 Å². The van der Waals surface area contributed by atoms with Crippen LogP contribution in [0.1, 0.15) is 13.3 Å². The number of rotatable bonds is 1. The van der Waals surface area contributed by atoms with Gasteiger partial charge in [-0.15, -0.1) is 11.8 Å². The van der Waals surface area contributed by atoms with Crippen LogP contribution in [0.5, 0.6) is 0 Å². The number of aliphatic imine (C=N–C) groups is 1. The first-order valence-corrected chi connectivity index (χ1v) is 5.92. The summed E-state index contributed by atoms with van der Waals surface area (Å²) >= 11 is 7.51. The number of thioether (sulfide) groups is 1. The summed E-state index contributed by atoms with van der Waals surface area (Å²) in [6.07, 6.45) is 6.95. The molecule has 1 heterocycles. The molecule has 0 aromatic heterocycles. The Labute approximate surface area is 93.1 Å². The van der Waals surface area contributed by atoms with Crippen LogP contribution in [0.3, 0.4) is 0 Å². The van der Waals surface area contributed by atoms with Gasteiger partial charge in [0.1, 0.15) is 0 Å². The summed E-state index contributed by atoms with van der Waals surface area (Å²) in [6, 6.07) is 0. The smallest absolute Gasteiger partial charge is 0.153 e. The molecule has 1 unspecified atom stereocenters. The van der Waals surface area contributed by atoms with E-state index in [9.17, 15) is 4.79 Å². The number of carbonyl (C=O) groups excluding carboxylic acids is 1. The van der Waals surface area contributed by atoms with Gasteiger partial charge in [0.15, 0.2) is 6.29 Å². The minimum Gasteiger partial charge on any atom is -0.298 e. The average molecular weight is 230 g/mol. The molecule has 0 saturated carbocycles. The second-order valence-corrected chi connectivity index (χ2v) is 4.30. The van der Waals surface area contributed by atoms with E-state index in [2.05, 4.69) is 11.9 Å². The third-order valence-corrected chi connectivity index (χ3v) is 3.31. The summed E-state index contributed by atoms with van der Waals surface area (Å²) in [5, 5.41) is 1.53. The van der Waals surface area contributed by atoms with E-state index in [4.69, 9.17) is 11.6 Å². The maximum absolute atomic E-state index is 10.6. The van der Waals surface area contributed by atoms with Gasteiger partial charge in [-0.25, -0.2) is 0 Å². The molecule has 0 N–H and O–H groups in total. The predicted octanol–water partition coefficient (Wildman–Crippen LogP) is 2.99. The van der Waals surface area contributed by atoms with Crippen molar-refractivity contribution < 1.29 is 4.79 Å². The van der Waals surface area contributed by atoms with Crippen molar-refractivity contribution in [3.8, 4) is 0 Å². The minimum absolute atomic E-state index is 0.364. The fraction of sp³-hybridized carbons (Fsp3) is 0.400. The van der Waals surface area contributed by atoms with E-state index < -0.39 is 0 Å². The molecule has 0 bridgehead atoms. The third kappa shape index (κ3) is 2.72. The van der Waals surface area contributed by atoms with Gasteiger partial charge >= 0.3 is 0 Å². The van der Waals surface area contributed by atoms with E-state index >= 15 is 0 Å². The van der Waals surface area contributed by atoms with Crippen molar-refractivity contribution in [2.75, 3.05) is 6.26 Å². The van der Waals surface area contributed by atoms with Gasteiger partial charge < -0.3 is 0 Å². The summed E-state index contributed by atoms with van der Waals surface area (Å²) < 4.78 is 0. The summed E-state index contributed by atoms with van der Waals surface area (Å²) in [7, 11) is 0. The highest BCUT2D eigenvalue weighted by Crippen LogP contribution is 2.22. The van der Waals surface area contributed by atoms with E-state index in [-0.39, 0.29) is 0 Å². The molecular weight excluding hydrogens is 218 g/mol. The van der Waals surface area contributed by atoms with Gasteiger partial charge in [0.2, 0.25) is 0 Å². The standard InChI is InChI=1S/C10H12ClNOS/c1-7-3-4-9(11)8(6-13)5-12-10(7)14-2/h4-7H,3H2,1-2H3/b8-5-,9-4-,12-10+. The Morgan fingerprint density at radius 1 is 1.71 bits per heavy atom. The largest absolute Gasteiger partial charge is 0.298 e. The molecule has 0 fully saturated rings. The average Bonchev–Trinajstić information content (AvgIpc) is 2.19. The third-order valence-electron chi connectivity index (χ3n) is 2.01. The molecule has 0 aliphatic carbocycles. The Morgan fingerprint density at radius 3 is 3.00 bits per heavy atom. The van der Waals surface area contributed by atoms with Crippen LogP contribution < -0.4 is 0 Å². The molecular formula is C10H12ClNOS. The number of halogens is 1. The SMILES string of the molecule is CS/C1=N/C=C(C=O)\C(Cl)=C\CC1C. The molecule has 1 aliphatic rings. The number of aldehydes is 1. The van der Waals surface area contributed by atoms with Crippen LogP contribution in [0.4, 0.5) is 0 Å². The minimum atomic E-state index is 0.364. The van der Waals surface area contributed by atoms with Crippen molar-refractivity contribution in [1.29, 1.82) is 0 Å².